The van der Waals surface area contributed by atoms with E-state index in [2.05, 4.69) is 0 Å². The monoisotopic (exact) mass is 439 g/mol. The SMILES string of the molecule is CN(Cc1cc(F)cc2c1OCOC2)S(=O)(=O)c1ccc(Cl)cc1C(F)(F)F. The second-order valence-electron chi connectivity index (χ2n) is 6.06. The molecule has 1 heterocycles. The van der Waals surface area contributed by atoms with Crippen molar-refractivity contribution in [3.05, 3.63) is 57.9 Å². The molecule has 1 aliphatic heterocycles. The van der Waals surface area contributed by atoms with Gasteiger partial charge in [-0.15, -0.1) is 0 Å². The van der Waals surface area contributed by atoms with Gasteiger partial charge in [0, 0.05) is 29.7 Å². The van der Waals surface area contributed by atoms with E-state index >= 15 is 0 Å². The number of hydrogen-bond acceptors (Lipinski definition) is 4. The normalized spacial score (nSPS) is 14.7. The summed E-state index contributed by atoms with van der Waals surface area (Å²) in [5, 5.41) is -0.249. The number of halogens is 5. The number of ether oxygens (including phenoxy) is 2. The average molecular weight is 440 g/mol. The highest BCUT2D eigenvalue weighted by Gasteiger charge is 2.39. The summed E-state index contributed by atoms with van der Waals surface area (Å²) in [6.45, 7) is -0.425. The third-order valence-electron chi connectivity index (χ3n) is 4.08. The number of alkyl halides is 3. The van der Waals surface area contributed by atoms with E-state index in [1.165, 1.54) is 6.07 Å². The summed E-state index contributed by atoms with van der Waals surface area (Å²) in [7, 11) is -3.46. The summed E-state index contributed by atoms with van der Waals surface area (Å²) >= 11 is 5.60. The van der Waals surface area contributed by atoms with E-state index < -0.39 is 39.0 Å². The van der Waals surface area contributed by atoms with Crippen molar-refractivity contribution in [2.75, 3.05) is 13.8 Å². The molecule has 152 valence electrons. The van der Waals surface area contributed by atoms with Crippen molar-refractivity contribution in [3.8, 4) is 5.75 Å². The molecule has 0 aromatic heterocycles. The Labute approximate surface area is 163 Å². The zero-order valence-corrected chi connectivity index (χ0v) is 16.0. The lowest BCUT2D eigenvalue weighted by atomic mass is 10.1. The van der Waals surface area contributed by atoms with Crippen LogP contribution in [0.25, 0.3) is 0 Å². The highest BCUT2D eigenvalue weighted by atomic mass is 35.5. The largest absolute Gasteiger partial charge is 0.467 e. The zero-order chi connectivity index (χ0) is 20.7. The summed E-state index contributed by atoms with van der Waals surface area (Å²) in [5.41, 5.74) is -0.820. The van der Waals surface area contributed by atoms with Gasteiger partial charge >= 0.3 is 6.18 Å². The molecule has 3 rings (SSSR count). The van der Waals surface area contributed by atoms with Crippen LogP contribution >= 0.6 is 11.6 Å². The van der Waals surface area contributed by atoms with Crippen LogP contribution in [0.5, 0.6) is 5.75 Å². The first-order chi connectivity index (χ1) is 13.0. The van der Waals surface area contributed by atoms with E-state index in [1.807, 2.05) is 0 Å². The average Bonchev–Trinajstić information content (AvgIpc) is 2.60. The second-order valence-corrected chi connectivity index (χ2v) is 8.51. The molecule has 5 nitrogen and oxygen atoms in total. The Kier molecular flexibility index (Phi) is 5.59. The molecule has 0 aliphatic carbocycles. The fourth-order valence-electron chi connectivity index (χ4n) is 2.82. The standard InChI is InChI=1S/C17H14ClF4NO4S/c1-23(7-10-4-13(19)5-11-8-26-9-27-16(10)11)28(24,25)15-3-2-12(18)6-14(15)17(20,21)22/h2-6H,7-9H2,1H3. The fraction of sp³-hybridized carbons (Fsp3) is 0.294. The van der Waals surface area contributed by atoms with Crippen molar-refractivity contribution in [1.29, 1.82) is 0 Å². The molecule has 0 bridgehead atoms. The Morgan fingerprint density at radius 2 is 1.93 bits per heavy atom. The van der Waals surface area contributed by atoms with E-state index in [1.54, 1.807) is 0 Å². The van der Waals surface area contributed by atoms with Crippen LogP contribution in [0.15, 0.2) is 35.2 Å². The number of nitrogens with zero attached hydrogens (tertiary/aromatic N) is 1. The molecule has 2 aromatic carbocycles. The first-order valence-electron chi connectivity index (χ1n) is 7.85. The summed E-state index contributed by atoms with van der Waals surface area (Å²) in [6.07, 6.45) is -4.92. The molecule has 0 saturated carbocycles. The molecule has 2 aromatic rings. The van der Waals surface area contributed by atoms with Gasteiger partial charge in [0.15, 0.2) is 6.79 Å². The predicted octanol–water partition coefficient (Wildman–Crippen LogP) is 4.19. The van der Waals surface area contributed by atoms with Crippen LogP contribution in [-0.2, 0) is 34.1 Å². The lowest BCUT2D eigenvalue weighted by Crippen LogP contribution is -2.29. The number of sulfonamides is 1. The molecule has 0 N–H and O–H groups in total. The predicted molar refractivity (Wildman–Crippen MR) is 91.8 cm³/mol. The number of fused-ring (bicyclic) bond motifs is 1. The van der Waals surface area contributed by atoms with Gasteiger partial charge in [0.2, 0.25) is 10.0 Å². The molecule has 0 unspecified atom stereocenters. The van der Waals surface area contributed by atoms with Gasteiger partial charge in [0.25, 0.3) is 0 Å². The van der Waals surface area contributed by atoms with Gasteiger partial charge in [-0.2, -0.15) is 17.5 Å². The van der Waals surface area contributed by atoms with Crippen molar-refractivity contribution >= 4 is 21.6 Å². The molecular weight excluding hydrogens is 426 g/mol. The molecule has 0 radical (unpaired) electrons. The van der Waals surface area contributed by atoms with Crippen molar-refractivity contribution < 1.29 is 35.5 Å². The maximum absolute atomic E-state index is 13.8. The van der Waals surface area contributed by atoms with Gasteiger partial charge in [0.05, 0.1) is 17.1 Å². The first kappa shape index (κ1) is 20.8. The maximum atomic E-state index is 13.8. The summed E-state index contributed by atoms with van der Waals surface area (Å²) < 4.78 is 90.4. The Bertz CT molecular complexity index is 1010. The van der Waals surface area contributed by atoms with E-state index in [4.69, 9.17) is 21.1 Å². The van der Waals surface area contributed by atoms with Crippen molar-refractivity contribution in [2.24, 2.45) is 0 Å². The second kappa shape index (κ2) is 7.51. The quantitative estimate of drug-likeness (QED) is 0.670. The Morgan fingerprint density at radius 3 is 2.61 bits per heavy atom. The van der Waals surface area contributed by atoms with Crippen LogP contribution in [-0.4, -0.2) is 26.6 Å². The molecule has 1 aliphatic rings. The molecule has 0 saturated heterocycles. The lowest BCUT2D eigenvalue weighted by molar-refractivity contribution is -0.139. The first-order valence-corrected chi connectivity index (χ1v) is 9.67. The number of hydrogen-bond donors (Lipinski definition) is 0. The Balaban J connectivity index is 2.00. The molecule has 0 amide bonds. The summed E-state index contributed by atoms with van der Waals surface area (Å²) in [4.78, 5) is -0.943. The van der Waals surface area contributed by atoms with E-state index in [0.29, 0.717) is 15.9 Å². The summed E-state index contributed by atoms with van der Waals surface area (Å²) in [5.74, 6) is -0.391. The third-order valence-corrected chi connectivity index (χ3v) is 6.18. The van der Waals surface area contributed by atoms with Crippen LogP contribution < -0.4 is 4.74 Å². The Morgan fingerprint density at radius 1 is 1.21 bits per heavy atom. The van der Waals surface area contributed by atoms with E-state index in [9.17, 15) is 26.0 Å². The Hall–Kier alpha value is -1.88. The highest BCUT2D eigenvalue weighted by Crippen LogP contribution is 2.37. The molecule has 28 heavy (non-hydrogen) atoms. The van der Waals surface area contributed by atoms with Crippen LogP contribution in [0, 0.1) is 5.82 Å². The molecular formula is C17H14ClF4NO4S. The van der Waals surface area contributed by atoms with Crippen molar-refractivity contribution in [2.45, 2.75) is 24.2 Å². The number of rotatable bonds is 4. The smallest absolute Gasteiger partial charge is 0.417 e. The molecule has 11 heteroatoms. The van der Waals surface area contributed by atoms with Crippen molar-refractivity contribution in [3.63, 3.8) is 0 Å². The van der Waals surface area contributed by atoms with Gasteiger partial charge in [0.1, 0.15) is 11.6 Å². The fourth-order valence-corrected chi connectivity index (χ4v) is 4.33. The zero-order valence-electron chi connectivity index (χ0n) is 14.4. The minimum absolute atomic E-state index is 0.0754. The minimum Gasteiger partial charge on any atom is -0.467 e. The topological polar surface area (TPSA) is 55.8 Å². The van der Waals surface area contributed by atoms with Gasteiger partial charge in [-0.3, -0.25) is 0 Å². The van der Waals surface area contributed by atoms with Crippen LogP contribution in [0.2, 0.25) is 5.02 Å². The molecule has 0 fully saturated rings. The van der Waals surface area contributed by atoms with Gasteiger partial charge in [-0.05, 0) is 30.3 Å². The minimum atomic E-state index is -4.92. The van der Waals surface area contributed by atoms with Gasteiger partial charge in [-0.1, -0.05) is 11.6 Å². The lowest BCUT2D eigenvalue weighted by Gasteiger charge is -2.24. The highest BCUT2D eigenvalue weighted by molar-refractivity contribution is 7.89. The van der Waals surface area contributed by atoms with E-state index in [-0.39, 0.29) is 29.7 Å². The van der Waals surface area contributed by atoms with E-state index in [0.717, 1.165) is 25.2 Å². The number of benzene rings is 2. The van der Waals surface area contributed by atoms with Crippen LogP contribution in [0.3, 0.4) is 0 Å². The van der Waals surface area contributed by atoms with Gasteiger partial charge in [-0.25, -0.2) is 12.8 Å². The molecule has 0 atom stereocenters. The molecule has 0 spiro atoms. The summed E-state index contributed by atoms with van der Waals surface area (Å²) in [6, 6.07) is 4.66. The third kappa shape index (κ3) is 4.09. The maximum Gasteiger partial charge on any atom is 0.417 e. The van der Waals surface area contributed by atoms with Crippen LogP contribution in [0.4, 0.5) is 17.6 Å². The van der Waals surface area contributed by atoms with Crippen LogP contribution in [0.1, 0.15) is 16.7 Å². The van der Waals surface area contributed by atoms with Crippen molar-refractivity contribution in [1.82, 2.24) is 4.31 Å². The van der Waals surface area contributed by atoms with Gasteiger partial charge < -0.3 is 9.47 Å².